The Morgan fingerprint density at radius 2 is 1.94 bits per heavy atom. The predicted octanol–water partition coefficient (Wildman–Crippen LogP) is 1.34. The number of aryl methyl sites for hydroxylation is 1. The molecule has 0 saturated heterocycles. The summed E-state index contributed by atoms with van der Waals surface area (Å²) in [5, 5.41) is 12.2. The van der Waals surface area contributed by atoms with Crippen LogP contribution in [0.15, 0.2) is 0 Å². The highest BCUT2D eigenvalue weighted by atomic mass is 16.3. The molecule has 0 aromatic carbocycles. The van der Waals surface area contributed by atoms with Crippen molar-refractivity contribution in [3.8, 4) is 0 Å². The smallest absolute Gasteiger partial charge is 0.137 e. The van der Waals surface area contributed by atoms with Crippen LogP contribution < -0.4 is 10.2 Å². The van der Waals surface area contributed by atoms with Crippen LogP contribution in [-0.4, -0.2) is 41.8 Å². The van der Waals surface area contributed by atoms with Crippen molar-refractivity contribution in [3.63, 3.8) is 0 Å². The zero-order chi connectivity index (χ0) is 12.8. The summed E-state index contributed by atoms with van der Waals surface area (Å²) in [6, 6.07) is 0. The minimum atomic E-state index is 0.136. The first-order chi connectivity index (χ1) is 8.13. The van der Waals surface area contributed by atoms with Gasteiger partial charge in [0.15, 0.2) is 0 Å². The maximum absolute atomic E-state index is 9.11. The molecule has 1 heterocycles. The Labute approximate surface area is 103 Å². The molecule has 5 heteroatoms. The number of hydrogen-bond acceptors (Lipinski definition) is 5. The van der Waals surface area contributed by atoms with Crippen LogP contribution in [-0.2, 0) is 0 Å². The molecule has 0 fully saturated rings. The van der Waals surface area contributed by atoms with Crippen molar-refractivity contribution in [1.29, 1.82) is 0 Å². The predicted molar refractivity (Wildman–Crippen MR) is 70.6 cm³/mol. The maximum Gasteiger partial charge on any atom is 0.137 e. The van der Waals surface area contributed by atoms with E-state index in [1.165, 1.54) is 0 Å². The Hall–Kier alpha value is -1.36. The molecule has 1 aromatic rings. The molecule has 0 amide bonds. The van der Waals surface area contributed by atoms with Crippen LogP contribution in [0.4, 0.5) is 11.6 Å². The number of aromatic nitrogens is 2. The topological polar surface area (TPSA) is 61.3 Å². The molecule has 0 aliphatic carbocycles. The summed E-state index contributed by atoms with van der Waals surface area (Å²) in [5.74, 6) is 2.51. The normalized spacial score (nSPS) is 10.4. The average Bonchev–Trinajstić information content (AvgIpc) is 2.31. The first-order valence-corrected chi connectivity index (χ1v) is 6.02. The molecule has 0 saturated carbocycles. The minimum Gasteiger partial charge on any atom is -0.395 e. The fourth-order valence-corrected chi connectivity index (χ4v) is 1.88. The summed E-state index contributed by atoms with van der Waals surface area (Å²) in [7, 11) is 1.86. The van der Waals surface area contributed by atoms with Gasteiger partial charge in [-0.05, 0) is 20.3 Å². The Morgan fingerprint density at radius 3 is 2.47 bits per heavy atom. The molecule has 0 bridgehead atoms. The lowest BCUT2D eigenvalue weighted by Crippen LogP contribution is -2.29. The fourth-order valence-electron chi connectivity index (χ4n) is 1.88. The van der Waals surface area contributed by atoms with E-state index in [0.29, 0.717) is 6.54 Å². The molecule has 1 rings (SSSR count). The van der Waals surface area contributed by atoms with Crippen molar-refractivity contribution in [2.24, 2.45) is 0 Å². The minimum absolute atomic E-state index is 0.136. The molecule has 2 N–H and O–H groups in total. The number of rotatable bonds is 6. The molecule has 96 valence electrons. The van der Waals surface area contributed by atoms with Crippen molar-refractivity contribution in [2.45, 2.75) is 27.2 Å². The van der Waals surface area contributed by atoms with Crippen molar-refractivity contribution in [1.82, 2.24) is 9.97 Å². The third-order valence-electron chi connectivity index (χ3n) is 2.63. The Kier molecular flexibility index (Phi) is 5.15. The van der Waals surface area contributed by atoms with Crippen LogP contribution in [0.3, 0.4) is 0 Å². The van der Waals surface area contributed by atoms with E-state index in [9.17, 15) is 0 Å². The van der Waals surface area contributed by atoms with Crippen LogP contribution in [0.1, 0.15) is 24.7 Å². The molecule has 0 radical (unpaired) electrons. The van der Waals surface area contributed by atoms with Crippen LogP contribution in [0, 0.1) is 13.8 Å². The zero-order valence-corrected chi connectivity index (χ0v) is 11.1. The summed E-state index contributed by atoms with van der Waals surface area (Å²) in [6.45, 7) is 7.63. The van der Waals surface area contributed by atoms with E-state index in [4.69, 9.17) is 5.11 Å². The Balaban J connectivity index is 3.12. The van der Waals surface area contributed by atoms with Gasteiger partial charge in [0.05, 0.1) is 6.61 Å². The maximum atomic E-state index is 9.11. The second-order valence-corrected chi connectivity index (χ2v) is 4.03. The summed E-state index contributed by atoms with van der Waals surface area (Å²) in [6.07, 6.45) is 1.03. The highest BCUT2D eigenvalue weighted by Gasteiger charge is 2.14. The molecular formula is C12H22N4O. The third kappa shape index (κ3) is 3.30. The molecule has 0 aliphatic heterocycles. The molecule has 1 aromatic heterocycles. The molecular weight excluding hydrogens is 216 g/mol. The lowest BCUT2D eigenvalue weighted by molar-refractivity contribution is 0.301. The monoisotopic (exact) mass is 238 g/mol. The van der Waals surface area contributed by atoms with Gasteiger partial charge in [0.25, 0.3) is 0 Å². The lowest BCUT2D eigenvalue weighted by atomic mass is 10.2. The van der Waals surface area contributed by atoms with E-state index < -0.39 is 0 Å². The van der Waals surface area contributed by atoms with Crippen LogP contribution in [0.25, 0.3) is 0 Å². The van der Waals surface area contributed by atoms with Crippen LogP contribution >= 0.6 is 0 Å². The van der Waals surface area contributed by atoms with Gasteiger partial charge in [0.2, 0.25) is 0 Å². The van der Waals surface area contributed by atoms with Gasteiger partial charge in [-0.15, -0.1) is 0 Å². The van der Waals surface area contributed by atoms with Crippen LogP contribution in [0.5, 0.6) is 0 Å². The van der Waals surface area contributed by atoms with E-state index in [-0.39, 0.29) is 6.61 Å². The van der Waals surface area contributed by atoms with Gasteiger partial charge >= 0.3 is 0 Å². The summed E-state index contributed by atoms with van der Waals surface area (Å²) in [4.78, 5) is 10.9. The van der Waals surface area contributed by atoms with E-state index in [0.717, 1.165) is 36.0 Å². The van der Waals surface area contributed by atoms with Gasteiger partial charge in [0.1, 0.15) is 17.5 Å². The van der Waals surface area contributed by atoms with Gasteiger partial charge in [-0.3, -0.25) is 0 Å². The van der Waals surface area contributed by atoms with Gasteiger partial charge in [0, 0.05) is 25.7 Å². The van der Waals surface area contributed by atoms with Gasteiger partial charge in [-0.1, -0.05) is 6.92 Å². The molecule has 0 aliphatic rings. The first kappa shape index (κ1) is 13.7. The summed E-state index contributed by atoms with van der Waals surface area (Å²) < 4.78 is 0. The van der Waals surface area contributed by atoms with E-state index in [1.54, 1.807) is 0 Å². The Morgan fingerprint density at radius 1 is 1.24 bits per heavy atom. The second-order valence-electron chi connectivity index (χ2n) is 4.03. The molecule has 5 nitrogen and oxygen atoms in total. The molecule has 17 heavy (non-hydrogen) atoms. The summed E-state index contributed by atoms with van der Waals surface area (Å²) in [5.41, 5.74) is 1.03. The van der Waals surface area contributed by atoms with Crippen molar-refractivity contribution < 1.29 is 5.11 Å². The largest absolute Gasteiger partial charge is 0.395 e. The fraction of sp³-hybridized carbons (Fsp3) is 0.667. The standard InChI is InChI=1S/C12H22N4O/c1-5-6-16(7-8-17)12-9(2)11(13-4)14-10(3)15-12/h17H,5-8H2,1-4H3,(H,13,14,15). The molecule has 0 spiro atoms. The Bertz CT molecular complexity index is 362. The number of nitrogens with one attached hydrogen (secondary N) is 1. The lowest BCUT2D eigenvalue weighted by Gasteiger charge is -2.25. The van der Waals surface area contributed by atoms with E-state index in [1.807, 2.05) is 20.9 Å². The molecule has 0 atom stereocenters. The third-order valence-corrected chi connectivity index (χ3v) is 2.63. The zero-order valence-electron chi connectivity index (χ0n) is 11.1. The number of aliphatic hydroxyl groups is 1. The number of anilines is 2. The van der Waals surface area contributed by atoms with Gasteiger partial charge in [-0.2, -0.15) is 0 Å². The number of hydrogen-bond donors (Lipinski definition) is 2. The van der Waals surface area contributed by atoms with Crippen molar-refractivity contribution in [2.75, 3.05) is 37.0 Å². The van der Waals surface area contributed by atoms with Gasteiger partial charge < -0.3 is 15.3 Å². The van der Waals surface area contributed by atoms with Crippen molar-refractivity contribution in [3.05, 3.63) is 11.4 Å². The SMILES string of the molecule is CCCN(CCO)c1nc(C)nc(NC)c1C. The quantitative estimate of drug-likeness (QED) is 0.783. The number of nitrogens with zero attached hydrogens (tertiary/aromatic N) is 3. The van der Waals surface area contributed by atoms with Crippen molar-refractivity contribution >= 4 is 11.6 Å². The van der Waals surface area contributed by atoms with E-state index >= 15 is 0 Å². The first-order valence-electron chi connectivity index (χ1n) is 6.02. The highest BCUT2D eigenvalue weighted by molar-refractivity contribution is 5.58. The molecule has 0 unspecified atom stereocenters. The number of aliphatic hydroxyl groups excluding tert-OH is 1. The summed E-state index contributed by atoms with van der Waals surface area (Å²) >= 11 is 0. The highest BCUT2D eigenvalue weighted by Crippen LogP contribution is 2.23. The average molecular weight is 238 g/mol. The van der Waals surface area contributed by atoms with E-state index in [2.05, 4.69) is 27.1 Å². The van der Waals surface area contributed by atoms with Gasteiger partial charge in [-0.25, -0.2) is 9.97 Å². The second kappa shape index (κ2) is 6.39. The van der Waals surface area contributed by atoms with Crippen LogP contribution in [0.2, 0.25) is 0 Å².